The minimum atomic E-state index is -0.286. The zero-order valence-electron chi connectivity index (χ0n) is 7.21. The lowest BCUT2D eigenvalue weighted by molar-refractivity contribution is 0.619. The number of halogens is 2. The highest BCUT2D eigenvalue weighted by atomic mass is 79.9. The van der Waals surface area contributed by atoms with E-state index in [9.17, 15) is 4.39 Å². The van der Waals surface area contributed by atoms with Crippen molar-refractivity contribution >= 4 is 32.9 Å². The Labute approximate surface area is 93.9 Å². The van der Waals surface area contributed by atoms with Gasteiger partial charge in [0.15, 0.2) is 5.17 Å². The van der Waals surface area contributed by atoms with Gasteiger partial charge in [0.05, 0.1) is 4.47 Å². The number of hydrogen-bond acceptors (Lipinski definition) is 3. The van der Waals surface area contributed by atoms with Crippen molar-refractivity contribution in [1.82, 2.24) is 0 Å². The predicted octanol–water partition coefficient (Wildman–Crippen LogP) is 2.01. The first kappa shape index (κ1) is 11.3. The Bertz CT molecular complexity index is 356. The van der Waals surface area contributed by atoms with Gasteiger partial charge in [0.2, 0.25) is 0 Å². The van der Waals surface area contributed by atoms with Gasteiger partial charge in [-0.2, -0.15) is 5.10 Å². The average Bonchev–Trinajstić information content (AvgIpc) is 2.20. The maximum atomic E-state index is 13.0. The highest BCUT2D eigenvalue weighted by Crippen LogP contribution is 2.24. The number of benzene rings is 1. The Morgan fingerprint density at radius 1 is 1.57 bits per heavy atom. The largest absolute Gasteiger partial charge is 0.377 e. The second kappa shape index (κ2) is 5.21. The highest BCUT2D eigenvalue weighted by molar-refractivity contribution is 9.10. The third-order valence-electron chi connectivity index (χ3n) is 1.53. The zero-order valence-corrected chi connectivity index (χ0v) is 9.61. The summed E-state index contributed by atoms with van der Waals surface area (Å²) in [6.07, 6.45) is 0. The van der Waals surface area contributed by atoms with Crippen molar-refractivity contribution in [2.45, 2.75) is 5.75 Å². The number of nitrogens with zero attached hydrogens (tertiary/aromatic N) is 1. The highest BCUT2D eigenvalue weighted by Gasteiger charge is 2.05. The molecule has 0 radical (unpaired) electrons. The second-order valence-electron chi connectivity index (χ2n) is 2.47. The van der Waals surface area contributed by atoms with E-state index in [4.69, 9.17) is 11.6 Å². The molecule has 14 heavy (non-hydrogen) atoms. The van der Waals surface area contributed by atoms with Crippen LogP contribution < -0.4 is 11.6 Å². The fraction of sp³-hybridized carbons (Fsp3) is 0.125. The number of nitrogens with two attached hydrogens (primary N) is 2. The summed E-state index contributed by atoms with van der Waals surface area (Å²) in [6.45, 7) is 0. The van der Waals surface area contributed by atoms with E-state index in [-0.39, 0.29) is 11.0 Å². The molecule has 76 valence electrons. The molecule has 0 spiro atoms. The first-order valence-electron chi connectivity index (χ1n) is 3.74. The van der Waals surface area contributed by atoms with E-state index in [1.54, 1.807) is 6.07 Å². The number of rotatable bonds is 2. The fourth-order valence-corrected chi connectivity index (χ4v) is 2.06. The first-order valence-corrected chi connectivity index (χ1v) is 5.52. The molecule has 0 amide bonds. The van der Waals surface area contributed by atoms with Crippen LogP contribution in [-0.2, 0) is 5.75 Å². The van der Waals surface area contributed by atoms with Crippen LogP contribution in [-0.4, -0.2) is 5.17 Å². The molecule has 0 aliphatic heterocycles. The normalized spacial score (nSPS) is 11.7. The summed E-state index contributed by atoms with van der Waals surface area (Å²) in [5, 5.41) is 3.58. The minimum Gasteiger partial charge on any atom is -0.377 e. The Balaban J connectivity index is 2.73. The molecule has 0 aliphatic rings. The maximum Gasteiger partial charge on any atom is 0.177 e. The van der Waals surface area contributed by atoms with Crippen molar-refractivity contribution in [3.8, 4) is 0 Å². The Hall–Kier alpha value is -0.750. The molecule has 0 unspecified atom stereocenters. The van der Waals surface area contributed by atoms with Crippen molar-refractivity contribution in [3.63, 3.8) is 0 Å². The van der Waals surface area contributed by atoms with Gasteiger partial charge in [-0.1, -0.05) is 23.9 Å². The van der Waals surface area contributed by atoms with Crippen molar-refractivity contribution in [2.24, 2.45) is 16.7 Å². The molecule has 4 N–H and O–H groups in total. The van der Waals surface area contributed by atoms with Gasteiger partial charge in [-0.25, -0.2) is 4.39 Å². The zero-order chi connectivity index (χ0) is 10.6. The minimum absolute atomic E-state index is 0.279. The van der Waals surface area contributed by atoms with Crippen molar-refractivity contribution < 1.29 is 4.39 Å². The van der Waals surface area contributed by atoms with E-state index in [2.05, 4.69) is 21.0 Å². The third-order valence-corrected chi connectivity index (χ3v) is 3.28. The van der Waals surface area contributed by atoms with Gasteiger partial charge in [0.25, 0.3) is 0 Å². The van der Waals surface area contributed by atoms with E-state index < -0.39 is 0 Å². The van der Waals surface area contributed by atoms with Crippen LogP contribution in [0.15, 0.2) is 27.8 Å². The molecule has 0 aromatic heterocycles. The Kier molecular flexibility index (Phi) is 4.21. The lowest BCUT2D eigenvalue weighted by atomic mass is 10.2. The Morgan fingerprint density at radius 2 is 2.29 bits per heavy atom. The number of hydrazone groups is 1. The molecule has 3 nitrogen and oxygen atoms in total. The summed E-state index contributed by atoms with van der Waals surface area (Å²) in [5.41, 5.74) is 6.21. The van der Waals surface area contributed by atoms with Gasteiger partial charge < -0.3 is 11.6 Å². The summed E-state index contributed by atoms with van der Waals surface area (Å²) in [6, 6.07) is 4.84. The van der Waals surface area contributed by atoms with Crippen LogP contribution >= 0.6 is 27.7 Å². The van der Waals surface area contributed by atoms with E-state index >= 15 is 0 Å². The molecule has 6 heteroatoms. The van der Waals surface area contributed by atoms with Crippen molar-refractivity contribution in [1.29, 1.82) is 0 Å². The van der Waals surface area contributed by atoms with E-state index in [0.29, 0.717) is 10.2 Å². The van der Waals surface area contributed by atoms with Gasteiger partial charge in [0.1, 0.15) is 5.82 Å². The standard InChI is InChI=1S/C8H9BrFN3S/c9-7-5(2-1-3-6(7)10)4-14-8(11)13-12/h1-3H,4,12H2,(H2,11,13). The molecular weight excluding hydrogens is 269 g/mol. The van der Waals surface area contributed by atoms with E-state index in [1.165, 1.54) is 17.8 Å². The second-order valence-corrected chi connectivity index (χ2v) is 4.26. The summed E-state index contributed by atoms with van der Waals surface area (Å²) in [7, 11) is 0. The van der Waals surface area contributed by atoms with Crippen LogP contribution in [0.4, 0.5) is 4.39 Å². The van der Waals surface area contributed by atoms with Crippen molar-refractivity contribution in [2.75, 3.05) is 0 Å². The summed E-state index contributed by atoms with van der Waals surface area (Å²) in [5.74, 6) is 5.21. The lowest BCUT2D eigenvalue weighted by Gasteiger charge is -2.03. The molecule has 0 fully saturated rings. The van der Waals surface area contributed by atoms with Crippen LogP contribution in [0.5, 0.6) is 0 Å². The third kappa shape index (κ3) is 2.88. The molecule has 0 bridgehead atoms. The van der Waals surface area contributed by atoms with Crippen LogP contribution in [0.25, 0.3) is 0 Å². The first-order chi connectivity index (χ1) is 6.65. The topological polar surface area (TPSA) is 64.4 Å². The smallest absolute Gasteiger partial charge is 0.177 e. The Morgan fingerprint density at radius 3 is 2.93 bits per heavy atom. The number of hydrogen-bond donors (Lipinski definition) is 2. The quantitative estimate of drug-likeness (QED) is 0.376. The average molecular weight is 278 g/mol. The van der Waals surface area contributed by atoms with Crippen LogP contribution in [0, 0.1) is 5.82 Å². The molecule has 0 atom stereocenters. The van der Waals surface area contributed by atoms with E-state index in [0.717, 1.165) is 5.56 Å². The number of thioether (sulfide) groups is 1. The molecule has 1 aromatic carbocycles. The summed E-state index contributed by atoms with van der Waals surface area (Å²) < 4.78 is 13.5. The molecule has 0 saturated heterocycles. The van der Waals surface area contributed by atoms with Gasteiger partial charge in [-0.3, -0.25) is 0 Å². The molecule has 0 heterocycles. The van der Waals surface area contributed by atoms with Crippen LogP contribution in [0.3, 0.4) is 0 Å². The van der Waals surface area contributed by atoms with Crippen LogP contribution in [0.1, 0.15) is 5.56 Å². The summed E-state index contributed by atoms with van der Waals surface area (Å²) >= 11 is 4.41. The van der Waals surface area contributed by atoms with E-state index in [1.807, 2.05) is 6.07 Å². The van der Waals surface area contributed by atoms with Gasteiger partial charge in [-0.05, 0) is 27.6 Å². The SMILES string of the molecule is N/N=C(/N)SCc1cccc(F)c1Br. The molecule has 0 saturated carbocycles. The number of amidine groups is 1. The van der Waals surface area contributed by atoms with Gasteiger partial charge in [0, 0.05) is 5.75 Å². The predicted molar refractivity (Wildman–Crippen MR) is 61.2 cm³/mol. The lowest BCUT2D eigenvalue weighted by Crippen LogP contribution is -2.09. The monoisotopic (exact) mass is 277 g/mol. The summed E-state index contributed by atoms with van der Waals surface area (Å²) in [4.78, 5) is 0. The molecule has 1 aromatic rings. The van der Waals surface area contributed by atoms with Crippen LogP contribution in [0.2, 0.25) is 0 Å². The molecular formula is C8H9BrFN3S. The molecule has 0 aliphatic carbocycles. The van der Waals surface area contributed by atoms with Gasteiger partial charge in [-0.15, -0.1) is 0 Å². The molecule has 1 rings (SSSR count). The van der Waals surface area contributed by atoms with Crippen molar-refractivity contribution in [3.05, 3.63) is 34.1 Å². The maximum absolute atomic E-state index is 13.0. The fourth-order valence-electron chi connectivity index (χ4n) is 0.849. The van der Waals surface area contributed by atoms with Gasteiger partial charge >= 0.3 is 0 Å².